The highest BCUT2D eigenvalue weighted by molar-refractivity contribution is 4.91. The van der Waals surface area contributed by atoms with E-state index < -0.39 is 0 Å². The van der Waals surface area contributed by atoms with Crippen molar-refractivity contribution in [3.05, 3.63) is 0 Å². The van der Waals surface area contributed by atoms with Gasteiger partial charge in [0.15, 0.2) is 0 Å². The first kappa shape index (κ1) is 11.9. The summed E-state index contributed by atoms with van der Waals surface area (Å²) in [4.78, 5) is 0. The molecule has 3 nitrogen and oxygen atoms in total. The fourth-order valence-electron chi connectivity index (χ4n) is 1.67. The van der Waals surface area contributed by atoms with Gasteiger partial charge in [0.1, 0.15) is 0 Å². The van der Waals surface area contributed by atoms with Crippen LogP contribution in [0.25, 0.3) is 0 Å². The molecule has 0 aromatic carbocycles. The Hall–Kier alpha value is -0.120. The van der Waals surface area contributed by atoms with Gasteiger partial charge in [-0.1, -0.05) is 13.3 Å². The summed E-state index contributed by atoms with van der Waals surface area (Å²) in [5, 5.41) is 9.95. The first-order valence-electron chi connectivity index (χ1n) is 4.72. The molecular formula is C9H23N3. The van der Waals surface area contributed by atoms with Crippen molar-refractivity contribution in [2.24, 2.45) is 0 Å². The second kappa shape index (κ2) is 5.51. The molecule has 0 aliphatic carbocycles. The molecule has 0 heterocycles. The molecule has 0 saturated heterocycles. The minimum absolute atomic E-state index is 0.0312. The molecule has 1 unspecified atom stereocenters. The topological polar surface area (TPSA) is 36.1 Å². The molecule has 0 aromatic heterocycles. The zero-order chi connectivity index (χ0) is 9.61. The Balaban J connectivity index is 4.33. The molecule has 0 spiro atoms. The maximum absolute atomic E-state index is 3.34. The summed E-state index contributed by atoms with van der Waals surface area (Å²) < 4.78 is 0. The second-order valence-electron chi connectivity index (χ2n) is 3.23. The van der Waals surface area contributed by atoms with E-state index in [1.54, 1.807) is 0 Å². The summed E-state index contributed by atoms with van der Waals surface area (Å²) in [5.74, 6) is 0. The molecule has 3 N–H and O–H groups in total. The van der Waals surface area contributed by atoms with Crippen molar-refractivity contribution in [1.29, 1.82) is 0 Å². The third-order valence-corrected chi connectivity index (χ3v) is 2.71. The maximum Gasteiger partial charge on any atom is 0.0837 e. The van der Waals surface area contributed by atoms with Gasteiger partial charge in [-0.25, -0.2) is 0 Å². The van der Waals surface area contributed by atoms with Crippen LogP contribution in [0.3, 0.4) is 0 Å². The van der Waals surface area contributed by atoms with Crippen molar-refractivity contribution in [3.8, 4) is 0 Å². The average Bonchev–Trinajstić information content (AvgIpc) is 2.13. The van der Waals surface area contributed by atoms with Gasteiger partial charge in [-0.15, -0.1) is 0 Å². The van der Waals surface area contributed by atoms with Gasteiger partial charge in [0.2, 0.25) is 0 Å². The Morgan fingerprint density at radius 2 is 1.67 bits per heavy atom. The minimum atomic E-state index is 0.0312. The number of nitrogens with one attached hydrogen (secondary N) is 3. The summed E-state index contributed by atoms with van der Waals surface area (Å²) in [6.45, 7) is 4.38. The smallest absolute Gasteiger partial charge is 0.0837 e. The van der Waals surface area contributed by atoms with Crippen LogP contribution >= 0.6 is 0 Å². The summed E-state index contributed by atoms with van der Waals surface area (Å²) in [5.41, 5.74) is 0.0312. The van der Waals surface area contributed by atoms with E-state index in [0.29, 0.717) is 6.04 Å². The zero-order valence-electron chi connectivity index (χ0n) is 8.99. The second-order valence-corrected chi connectivity index (χ2v) is 3.23. The number of hydrogen-bond acceptors (Lipinski definition) is 3. The highest BCUT2D eigenvalue weighted by Gasteiger charge is 2.30. The van der Waals surface area contributed by atoms with Crippen molar-refractivity contribution in [3.63, 3.8) is 0 Å². The third-order valence-electron chi connectivity index (χ3n) is 2.71. The lowest BCUT2D eigenvalue weighted by Gasteiger charge is -2.38. The fourth-order valence-corrected chi connectivity index (χ4v) is 1.67. The fraction of sp³-hybridized carbons (Fsp3) is 1.00. The molecule has 0 saturated carbocycles. The molecule has 0 bridgehead atoms. The maximum atomic E-state index is 3.34. The molecule has 0 aromatic rings. The molecule has 0 amide bonds. The van der Waals surface area contributed by atoms with Crippen LogP contribution in [-0.4, -0.2) is 32.8 Å². The van der Waals surface area contributed by atoms with Crippen molar-refractivity contribution < 1.29 is 0 Å². The van der Waals surface area contributed by atoms with Crippen LogP contribution in [0.15, 0.2) is 0 Å². The average molecular weight is 173 g/mol. The van der Waals surface area contributed by atoms with E-state index in [2.05, 4.69) is 29.8 Å². The molecule has 3 heteroatoms. The molecule has 0 rings (SSSR count). The van der Waals surface area contributed by atoms with E-state index in [-0.39, 0.29) is 5.66 Å². The molecule has 0 fully saturated rings. The Kier molecular flexibility index (Phi) is 5.46. The van der Waals surface area contributed by atoms with Gasteiger partial charge in [0, 0.05) is 6.04 Å². The van der Waals surface area contributed by atoms with E-state index in [0.717, 1.165) is 6.42 Å². The lowest BCUT2D eigenvalue weighted by molar-refractivity contribution is 0.207. The summed E-state index contributed by atoms with van der Waals surface area (Å²) >= 11 is 0. The van der Waals surface area contributed by atoms with E-state index >= 15 is 0 Å². The number of hydrogen-bond donors (Lipinski definition) is 3. The minimum Gasteiger partial charge on any atom is -0.314 e. The van der Waals surface area contributed by atoms with Gasteiger partial charge in [0.25, 0.3) is 0 Å². The van der Waals surface area contributed by atoms with Gasteiger partial charge < -0.3 is 16.0 Å². The quantitative estimate of drug-likeness (QED) is 0.513. The van der Waals surface area contributed by atoms with Gasteiger partial charge in [-0.2, -0.15) is 0 Å². The molecular weight excluding hydrogens is 150 g/mol. The van der Waals surface area contributed by atoms with Crippen LogP contribution in [0.5, 0.6) is 0 Å². The first-order chi connectivity index (χ1) is 5.66. The van der Waals surface area contributed by atoms with Crippen LogP contribution in [0.4, 0.5) is 0 Å². The molecule has 1 atom stereocenters. The van der Waals surface area contributed by atoms with Gasteiger partial charge in [-0.3, -0.25) is 0 Å². The van der Waals surface area contributed by atoms with E-state index in [1.165, 1.54) is 6.42 Å². The van der Waals surface area contributed by atoms with Crippen LogP contribution in [-0.2, 0) is 0 Å². The molecule has 0 aliphatic heterocycles. The van der Waals surface area contributed by atoms with Crippen LogP contribution in [0.2, 0.25) is 0 Å². The van der Waals surface area contributed by atoms with Crippen molar-refractivity contribution in [2.75, 3.05) is 21.1 Å². The van der Waals surface area contributed by atoms with Gasteiger partial charge in [-0.05, 0) is 34.5 Å². The van der Waals surface area contributed by atoms with Crippen molar-refractivity contribution >= 4 is 0 Å². The standard InChI is InChI=1S/C9H23N3/c1-6-7-9(11-4,12-5)8(2)10-3/h8,10-12H,6-7H2,1-5H3. The number of rotatable bonds is 6. The van der Waals surface area contributed by atoms with Gasteiger partial charge >= 0.3 is 0 Å². The Labute approximate surface area is 76.3 Å². The molecule has 0 aliphatic rings. The van der Waals surface area contributed by atoms with Crippen LogP contribution in [0.1, 0.15) is 26.7 Å². The lowest BCUT2D eigenvalue weighted by atomic mass is 9.96. The van der Waals surface area contributed by atoms with Crippen LogP contribution in [0, 0.1) is 0 Å². The highest BCUT2D eigenvalue weighted by Crippen LogP contribution is 2.12. The predicted molar refractivity (Wildman–Crippen MR) is 54.3 cm³/mol. The summed E-state index contributed by atoms with van der Waals surface area (Å²) in [6, 6.07) is 0.424. The Morgan fingerprint density at radius 1 is 1.17 bits per heavy atom. The zero-order valence-corrected chi connectivity index (χ0v) is 8.99. The third kappa shape index (κ3) is 2.44. The largest absolute Gasteiger partial charge is 0.314 e. The number of likely N-dealkylation sites (N-methyl/N-ethyl adjacent to an activating group) is 3. The highest BCUT2D eigenvalue weighted by atomic mass is 15.2. The van der Waals surface area contributed by atoms with Crippen molar-refractivity contribution in [2.45, 2.75) is 38.4 Å². The first-order valence-corrected chi connectivity index (χ1v) is 4.72. The monoisotopic (exact) mass is 173 g/mol. The Morgan fingerprint density at radius 3 is 1.92 bits per heavy atom. The molecule has 12 heavy (non-hydrogen) atoms. The van der Waals surface area contributed by atoms with Crippen molar-refractivity contribution in [1.82, 2.24) is 16.0 Å². The van der Waals surface area contributed by atoms with E-state index in [1.807, 2.05) is 21.1 Å². The lowest BCUT2D eigenvalue weighted by Crippen LogP contribution is -2.64. The Bertz CT molecular complexity index is 110. The summed E-state index contributed by atoms with van der Waals surface area (Å²) in [7, 11) is 5.99. The SMILES string of the molecule is CCCC(NC)(NC)C(C)NC. The van der Waals surface area contributed by atoms with E-state index in [4.69, 9.17) is 0 Å². The van der Waals surface area contributed by atoms with Gasteiger partial charge in [0.05, 0.1) is 5.66 Å². The molecule has 0 radical (unpaired) electrons. The summed E-state index contributed by atoms with van der Waals surface area (Å²) in [6.07, 6.45) is 2.30. The predicted octanol–water partition coefficient (Wildman–Crippen LogP) is 0.530. The normalized spacial score (nSPS) is 14.8. The molecule has 74 valence electrons. The van der Waals surface area contributed by atoms with Crippen LogP contribution < -0.4 is 16.0 Å². The van der Waals surface area contributed by atoms with E-state index in [9.17, 15) is 0 Å².